The molecular weight excluding hydrogens is 403 g/mol. The van der Waals surface area contributed by atoms with Crippen molar-refractivity contribution < 1.29 is 23.4 Å². The largest absolute Gasteiger partial charge is 0.497 e. The Balaban J connectivity index is 2.21. The van der Waals surface area contributed by atoms with E-state index < -0.39 is 17.2 Å². The highest BCUT2D eigenvalue weighted by Crippen LogP contribution is 2.29. The molecule has 2 aromatic carbocycles. The van der Waals surface area contributed by atoms with Gasteiger partial charge in [0.05, 0.1) is 25.6 Å². The van der Waals surface area contributed by atoms with Crippen LogP contribution in [-0.2, 0) is 16.3 Å². The molecule has 0 saturated heterocycles. The van der Waals surface area contributed by atoms with Crippen molar-refractivity contribution in [1.82, 2.24) is 9.88 Å². The fraction of sp³-hybridized carbons (Fsp3) is 0.304. The summed E-state index contributed by atoms with van der Waals surface area (Å²) < 4.78 is 32.6. The van der Waals surface area contributed by atoms with Gasteiger partial charge in [-0.15, -0.1) is 0 Å². The number of carbonyl (C=O) groups excluding carboxylic acids is 1. The van der Waals surface area contributed by atoms with Gasteiger partial charge in [0.2, 0.25) is 0 Å². The Morgan fingerprint density at radius 3 is 2.55 bits per heavy atom. The van der Waals surface area contributed by atoms with E-state index in [0.717, 1.165) is 6.42 Å². The van der Waals surface area contributed by atoms with E-state index in [1.54, 1.807) is 44.6 Å². The van der Waals surface area contributed by atoms with Crippen molar-refractivity contribution in [3.8, 4) is 22.6 Å². The Morgan fingerprint density at radius 2 is 1.90 bits per heavy atom. The molecule has 1 aromatic heterocycles. The first-order valence-electron chi connectivity index (χ1n) is 9.93. The highest BCUT2D eigenvalue weighted by Gasteiger charge is 2.19. The Bertz CT molecular complexity index is 1130. The molecule has 3 aromatic rings. The van der Waals surface area contributed by atoms with Crippen molar-refractivity contribution in [2.24, 2.45) is 0 Å². The van der Waals surface area contributed by atoms with Crippen LogP contribution in [-0.4, -0.2) is 37.8 Å². The third-order valence-corrected chi connectivity index (χ3v) is 4.68. The number of halogens is 1. The van der Waals surface area contributed by atoms with E-state index in [9.17, 15) is 14.0 Å². The highest BCUT2D eigenvalue weighted by molar-refractivity contribution is 5.89. The summed E-state index contributed by atoms with van der Waals surface area (Å²) in [6.45, 7) is 2.16. The third-order valence-electron chi connectivity index (χ3n) is 4.68. The smallest absolute Gasteiger partial charge is 0.321 e. The van der Waals surface area contributed by atoms with Crippen LogP contribution in [0.1, 0.15) is 13.3 Å². The van der Waals surface area contributed by atoms with Crippen LogP contribution in [0.5, 0.6) is 11.5 Å². The van der Waals surface area contributed by atoms with Gasteiger partial charge in [-0.25, -0.2) is 4.39 Å². The summed E-state index contributed by atoms with van der Waals surface area (Å²) in [5, 5.41) is 2.60. The van der Waals surface area contributed by atoms with Crippen molar-refractivity contribution in [2.45, 2.75) is 20.1 Å². The molecular formula is C23H25FN2O5. The number of pyridine rings is 1. The van der Waals surface area contributed by atoms with Gasteiger partial charge in [0, 0.05) is 11.8 Å². The van der Waals surface area contributed by atoms with Gasteiger partial charge in [0.1, 0.15) is 22.8 Å². The topological polar surface area (TPSA) is 78.8 Å². The maximum atomic E-state index is 14.9. The summed E-state index contributed by atoms with van der Waals surface area (Å²) in [5.74, 6) is -0.170. The molecule has 0 aliphatic rings. The fourth-order valence-corrected chi connectivity index (χ4v) is 3.21. The SMILES string of the molecule is CCCOc1ccc(F)c2c(=O)c(-c3ccc(OC)cc3)cn(COC(=O)CNC)c12. The zero-order valence-electron chi connectivity index (χ0n) is 17.7. The molecule has 0 bridgehead atoms. The molecule has 0 unspecified atom stereocenters. The molecule has 164 valence electrons. The predicted molar refractivity (Wildman–Crippen MR) is 116 cm³/mol. The first-order chi connectivity index (χ1) is 15.0. The van der Waals surface area contributed by atoms with Crippen molar-refractivity contribution in [3.63, 3.8) is 0 Å². The molecule has 0 atom stereocenters. The van der Waals surface area contributed by atoms with Gasteiger partial charge < -0.3 is 24.1 Å². The van der Waals surface area contributed by atoms with E-state index in [1.807, 2.05) is 6.92 Å². The minimum Gasteiger partial charge on any atom is -0.497 e. The number of nitrogens with one attached hydrogen (secondary N) is 1. The average Bonchev–Trinajstić information content (AvgIpc) is 2.78. The second-order valence-electron chi connectivity index (χ2n) is 6.86. The number of nitrogens with zero attached hydrogens (tertiary/aromatic N) is 1. The molecule has 31 heavy (non-hydrogen) atoms. The lowest BCUT2D eigenvalue weighted by Gasteiger charge is -2.17. The zero-order valence-corrected chi connectivity index (χ0v) is 17.7. The van der Waals surface area contributed by atoms with E-state index in [2.05, 4.69) is 5.32 Å². The number of hydrogen-bond acceptors (Lipinski definition) is 6. The highest BCUT2D eigenvalue weighted by atomic mass is 19.1. The number of rotatable bonds is 9. The number of esters is 1. The molecule has 1 heterocycles. The van der Waals surface area contributed by atoms with Crippen molar-refractivity contribution in [3.05, 3.63) is 58.6 Å². The van der Waals surface area contributed by atoms with Crippen LogP contribution in [0, 0.1) is 5.82 Å². The predicted octanol–water partition coefficient (Wildman–Crippen LogP) is 3.33. The average molecular weight is 428 g/mol. The second-order valence-corrected chi connectivity index (χ2v) is 6.86. The maximum Gasteiger partial charge on any atom is 0.321 e. The quantitative estimate of drug-likeness (QED) is 0.527. The van der Waals surface area contributed by atoms with Crippen LogP contribution in [0.15, 0.2) is 47.4 Å². The van der Waals surface area contributed by atoms with Crippen molar-refractivity contribution >= 4 is 16.9 Å². The third kappa shape index (κ3) is 4.86. The number of hydrogen-bond donors (Lipinski definition) is 1. The van der Waals surface area contributed by atoms with Gasteiger partial charge in [-0.1, -0.05) is 19.1 Å². The first kappa shape index (κ1) is 22.3. The zero-order chi connectivity index (χ0) is 22.4. The molecule has 0 saturated carbocycles. The minimum atomic E-state index is -0.672. The van der Waals surface area contributed by atoms with Gasteiger partial charge in [-0.05, 0) is 43.3 Å². The van der Waals surface area contributed by atoms with Crippen molar-refractivity contribution in [1.29, 1.82) is 0 Å². The maximum absolute atomic E-state index is 14.9. The van der Waals surface area contributed by atoms with Gasteiger partial charge in [-0.2, -0.15) is 0 Å². The summed E-state index contributed by atoms with van der Waals surface area (Å²) in [6, 6.07) is 9.55. The molecule has 0 spiro atoms. The molecule has 0 radical (unpaired) electrons. The van der Waals surface area contributed by atoms with E-state index in [1.165, 1.54) is 16.7 Å². The van der Waals surface area contributed by atoms with Crippen LogP contribution >= 0.6 is 0 Å². The monoisotopic (exact) mass is 428 g/mol. The number of aromatic nitrogens is 1. The number of ether oxygens (including phenoxy) is 3. The molecule has 7 nitrogen and oxygen atoms in total. The Morgan fingerprint density at radius 1 is 1.16 bits per heavy atom. The van der Waals surface area contributed by atoms with Crippen LogP contribution < -0.4 is 20.2 Å². The van der Waals surface area contributed by atoms with Crippen molar-refractivity contribution in [2.75, 3.05) is 27.3 Å². The first-order valence-corrected chi connectivity index (χ1v) is 9.93. The van der Waals surface area contributed by atoms with Gasteiger partial charge >= 0.3 is 5.97 Å². The number of fused-ring (bicyclic) bond motifs is 1. The molecule has 0 aliphatic carbocycles. The molecule has 0 amide bonds. The molecule has 8 heteroatoms. The number of carbonyl (C=O) groups is 1. The molecule has 1 N–H and O–H groups in total. The van der Waals surface area contributed by atoms with E-state index in [0.29, 0.717) is 23.7 Å². The van der Waals surface area contributed by atoms with E-state index in [-0.39, 0.29) is 29.7 Å². The molecule has 0 fully saturated rings. The second kappa shape index (κ2) is 10.1. The summed E-state index contributed by atoms with van der Waals surface area (Å²) >= 11 is 0. The standard InChI is InChI=1S/C23H25FN2O5/c1-4-11-30-19-10-9-18(24)21-22(19)26(14-31-20(27)12-25-2)13-17(23(21)28)15-5-7-16(29-3)8-6-15/h5-10,13,25H,4,11-12,14H2,1-3H3. The Hall–Kier alpha value is -3.39. The lowest BCUT2D eigenvalue weighted by atomic mass is 10.0. The van der Waals surface area contributed by atoms with E-state index >= 15 is 0 Å². The summed E-state index contributed by atoms with van der Waals surface area (Å²) in [4.78, 5) is 25.2. The van der Waals surface area contributed by atoms with E-state index in [4.69, 9.17) is 14.2 Å². The van der Waals surface area contributed by atoms with Crippen LogP contribution in [0.4, 0.5) is 4.39 Å². The number of benzene rings is 2. The fourth-order valence-electron chi connectivity index (χ4n) is 3.21. The van der Waals surface area contributed by atoms with Gasteiger partial charge in [-0.3, -0.25) is 9.59 Å². The minimum absolute atomic E-state index is 0.0248. The van der Waals surface area contributed by atoms with Crippen LogP contribution in [0.3, 0.4) is 0 Å². The normalized spacial score (nSPS) is 10.8. The van der Waals surface area contributed by atoms with Gasteiger partial charge in [0.15, 0.2) is 12.2 Å². The Kier molecular flexibility index (Phi) is 7.25. The lowest BCUT2D eigenvalue weighted by Crippen LogP contribution is -2.23. The summed E-state index contributed by atoms with van der Waals surface area (Å²) in [5.41, 5.74) is 0.624. The molecule has 3 rings (SSSR count). The number of likely N-dealkylation sites (N-methyl/N-ethyl adjacent to an activating group) is 1. The lowest BCUT2D eigenvalue weighted by molar-refractivity contribution is -0.146. The molecule has 0 aliphatic heterocycles. The number of methoxy groups -OCH3 is 1. The summed E-state index contributed by atoms with van der Waals surface area (Å²) in [6.07, 6.45) is 2.29. The Labute approximate surface area is 179 Å². The van der Waals surface area contributed by atoms with Gasteiger partial charge in [0.25, 0.3) is 0 Å². The van der Waals surface area contributed by atoms with Crippen LogP contribution in [0.25, 0.3) is 22.0 Å². The summed E-state index contributed by atoms with van der Waals surface area (Å²) in [7, 11) is 3.18. The van der Waals surface area contributed by atoms with Crippen LogP contribution in [0.2, 0.25) is 0 Å².